The van der Waals surface area contributed by atoms with Crippen molar-refractivity contribution in [2.24, 2.45) is 0 Å². The molecule has 1 aromatic carbocycles. The predicted molar refractivity (Wildman–Crippen MR) is 95.7 cm³/mol. The quantitative estimate of drug-likeness (QED) is 0.676. The molecule has 0 saturated heterocycles. The van der Waals surface area contributed by atoms with Crippen LogP contribution in [0.15, 0.2) is 47.8 Å². The smallest absolute Gasteiger partial charge is 0.303 e. The topological polar surface area (TPSA) is 83.5 Å². The highest BCUT2D eigenvalue weighted by molar-refractivity contribution is 7.89. The highest BCUT2D eigenvalue weighted by Crippen LogP contribution is 2.12. The van der Waals surface area contributed by atoms with Gasteiger partial charge < -0.3 is 5.11 Å². The van der Waals surface area contributed by atoms with Crippen molar-refractivity contribution in [1.29, 1.82) is 0 Å². The maximum absolute atomic E-state index is 12.3. The average molecular weight is 367 g/mol. The number of benzene rings is 1. The van der Waals surface area contributed by atoms with Crippen LogP contribution in [-0.2, 0) is 27.7 Å². The average Bonchev–Trinajstić information content (AvgIpc) is 3.05. The van der Waals surface area contributed by atoms with Gasteiger partial charge in [0.05, 0.1) is 5.75 Å². The third kappa shape index (κ3) is 6.82. The van der Waals surface area contributed by atoms with Crippen LogP contribution in [0.1, 0.15) is 23.3 Å². The minimum atomic E-state index is -3.46. The number of aryl methyl sites for hydroxylation is 1. The number of rotatable bonds is 10. The van der Waals surface area contributed by atoms with Crippen LogP contribution in [0, 0.1) is 0 Å². The van der Waals surface area contributed by atoms with Gasteiger partial charge in [0.25, 0.3) is 0 Å². The van der Waals surface area contributed by atoms with E-state index in [0.29, 0.717) is 12.8 Å². The zero-order valence-corrected chi connectivity index (χ0v) is 14.9. The van der Waals surface area contributed by atoms with Gasteiger partial charge in [0, 0.05) is 17.3 Å². The van der Waals surface area contributed by atoms with Crippen LogP contribution in [0.25, 0.3) is 0 Å². The lowest BCUT2D eigenvalue weighted by Gasteiger charge is -2.18. The van der Waals surface area contributed by atoms with Gasteiger partial charge in [-0.2, -0.15) is 0 Å². The lowest BCUT2D eigenvalue weighted by atomic mass is 10.0. The van der Waals surface area contributed by atoms with E-state index in [1.54, 1.807) is 0 Å². The molecule has 1 heterocycles. The van der Waals surface area contributed by atoms with E-state index in [0.717, 1.165) is 10.4 Å². The van der Waals surface area contributed by atoms with Crippen LogP contribution >= 0.6 is 11.3 Å². The summed E-state index contributed by atoms with van der Waals surface area (Å²) in [6, 6.07) is 12.9. The van der Waals surface area contributed by atoms with Gasteiger partial charge in [0.2, 0.25) is 10.0 Å². The van der Waals surface area contributed by atoms with Crippen LogP contribution in [0.4, 0.5) is 0 Å². The van der Waals surface area contributed by atoms with E-state index in [-0.39, 0.29) is 18.6 Å². The molecule has 0 fully saturated rings. The summed E-state index contributed by atoms with van der Waals surface area (Å²) in [6.45, 7) is 0. The summed E-state index contributed by atoms with van der Waals surface area (Å²) < 4.78 is 27.3. The summed E-state index contributed by atoms with van der Waals surface area (Å²) in [6.07, 6.45) is 1.14. The van der Waals surface area contributed by atoms with Gasteiger partial charge in [-0.05, 0) is 36.3 Å². The Bertz CT molecular complexity index is 727. The van der Waals surface area contributed by atoms with E-state index in [1.807, 2.05) is 47.8 Å². The van der Waals surface area contributed by atoms with E-state index in [9.17, 15) is 13.2 Å². The molecule has 24 heavy (non-hydrogen) atoms. The van der Waals surface area contributed by atoms with E-state index < -0.39 is 22.0 Å². The first-order valence-electron chi connectivity index (χ1n) is 7.73. The van der Waals surface area contributed by atoms with Gasteiger partial charge >= 0.3 is 5.97 Å². The second-order valence-corrected chi connectivity index (χ2v) is 8.49. The van der Waals surface area contributed by atoms with E-state index in [1.165, 1.54) is 11.3 Å². The molecule has 1 unspecified atom stereocenters. The van der Waals surface area contributed by atoms with Crippen molar-refractivity contribution in [3.8, 4) is 0 Å². The number of nitrogens with one attached hydrogen (secondary N) is 1. The van der Waals surface area contributed by atoms with Crippen molar-refractivity contribution in [1.82, 2.24) is 4.72 Å². The molecule has 130 valence electrons. The SMILES string of the molecule is O=C(O)CCC(Cc1ccccc1)NS(=O)(=O)CCc1cccs1. The standard InChI is InChI=1S/C17H21NO4S2/c19-17(20)9-8-15(13-14-5-2-1-3-6-14)18-24(21,22)12-10-16-7-4-11-23-16/h1-7,11,15,18H,8-10,12-13H2,(H,19,20). The molecule has 0 radical (unpaired) electrons. The Morgan fingerprint density at radius 3 is 2.54 bits per heavy atom. The summed E-state index contributed by atoms with van der Waals surface area (Å²) in [7, 11) is -3.46. The number of carboxylic acids is 1. The predicted octanol–water partition coefficient (Wildman–Crippen LogP) is 2.69. The largest absolute Gasteiger partial charge is 0.481 e. The summed E-state index contributed by atoms with van der Waals surface area (Å²) in [5.41, 5.74) is 0.980. The monoisotopic (exact) mass is 367 g/mol. The highest BCUT2D eigenvalue weighted by atomic mass is 32.2. The zero-order valence-electron chi connectivity index (χ0n) is 13.2. The first kappa shape index (κ1) is 18.6. The van der Waals surface area contributed by atoms with Crippen molar-refractivity contribution >= 4 is 27.3 Å². The number of carboxylic acid groups (broad SMARTS) is 1. The Morgan fingerprint density at radius 1 is 1.17 bits per heavy atom. The Labute approximate surface area is 146 Å². The van der Waals surface area contributed by atoms with Crippen molar-refractivity contribution in [3.05, 3.63) is 58.3 Å². The van der Waals surface area contributed by atoms with Crippen molar-refractivity contribution in [3.63, 3.8) is 0 Å². The Balaban J connectivity index is 1.98. The molecule has 0 saturated carbocycles. The van der Waals surface area contributed by atoms with Gasteiger partial charge in [-0.25, -0.2) is 13.1 Å². The van der Waals surface area contributed by atoms with Crippen LogP contribution in [-0.4, -0.2) is 31.3 Å². The molecule has 0 spiro atoms. The molecule has 0 bridgehead atoms. The Morgan fingerprint density at radius 2 is 1.92 bits per heavy atom. The molecule has 1 aromatic heterocycles. The molecule has 5 nitrogen and oxygen atoms in total. The molecule has 7 heteroatoms. The van der Waals surface area contributed by atoms with Crippen LogP contribution in [0.5, 0.6) is 0 Å². The molecule has 2 aromatic rings. The maximum atomic E-state index is 12.3. The molecule has 0 amide bonds. The minimum Gasteiger partial charge on any atom is -0.481 e. The summed E-state index contributed by atoms with van der Waals surface area (Å²) >= 11 is 1.53. The molecule has 0 aliphatic rings. The van der Waals surface area contributed by atoms with E-state index in [2.05, 4.69) is 4.72 Å². The molecule has 0 aliphatic carbocycles. The van der Waals surface area contributed by atoms with E-state index >= 15 is 0 Å². The van der Waals surface area contributed by atoms with Crippen molar-refractivity contribution in [2.45, 2.75) is 31.7 Å². The van der Waals surface area contributed by atoms with Crippen LogP contribution < -0.4 is 4.72 Å². The summed E-state index contributed by atoms with van der Waals surface area (Å²) in [4.78, 5) is 11.8. The summed E-state index contributed by atoms with van der Waals surface area (Å²) in [5.74, 6) is -0.919. The number of aliphatic carboxylic acids is 1. The zero-order chi connectivity index (χ0) is 17.4. The first-order valence-corrected chi connectivity index (χ1v) is 10.3. The van der Waals surface area contributed by atoms with Gasteiger partial charge in [-0.15, -0.1) is 11.3 Å². The second-order valence-electron chi connectivity index (χ2n) is 5.59. The third-order valence-corrected chi connectivity index (χ3v) is 5.95. The number of thiophene rings is 1. The highest BCUT2D eigenvalue weighted by Gasteiger charge is 2.19. The maximum Gasteiger partial charge on any atom is 0.303 e. The second kappa shape index (κ2) is 8.96. The number of carbonyl (C=O) groups is 1. The summed E-state index contributed by atoms with van der Waals surface area (Å²) in [5, 5.41) is 10.8. The molecule has 0 aliphatic heterocycles. The van der Waals surface area contributed by atoms with Crippen LogP contribution in [0.2, 0.25) is 0 Å². The lowest BCUT2D eigenvalue weighted by molar-refractivity contribution is -0.137. The molecule has 1 atom stereocenters. The van der Waals surface area contributed by atoms with Crippen molar-refractivity contribution < 1.29 is 18.3 Å². The molecular weight excluding hydrogens is 346 g/mol. The number of hydrogen-bond acceptors (Lipinski definition) is 4. The molecule has 2 rings (SSSR count). The van der Waals surface area contributed by atoms with Crippen LogP contribution in [0.3, 0.4) is 0 Å². The van der Waals surface area contributed by atoms with Gasteiger partial charge in [-0.3, -0.25) is 4.79 Å². The molecule has 2 N–H and O–H groups in total. The lowest BCUT2D eigenvalue weighted by Crippen LogP contribution is -2.38. The fourth-order valence-corrected chi connectivity index (χ4v) is 4.56. The fraction of sp³-hybridized carbons (Fsp3) is 0.353. The van der Waals surface area contributed by atoms with E-state index in [4.69, 9.17) is 5.11 Å². The number of hydrogen-bond donors (Lipinski definition) is 2. The molecular formula is C17H21NO4S2. The Hall–Kier alpha value is -1.70. The number of sulfonamides is 1. The van der Waals surface area contributed by atoms with Gasteiger partial charge in [0.1, 0.15) is 0 Å². The normalized spacial score (nSPS) is 12.8. The van der Waals surface area contributed by atoms with Gasteiger partial charge in [0.15, 0.2) is 0 Å². The fourth-order valence-electron chi connectivity index (χ4n) is 2.40. The minimum absolute atomic E-state index is 0.00583. The Kier molecular flexibility index (Phi) is 6.96. The first-order chi connectivity index (χ1) is 11.4. The third-order valence-electron chi connectivity index (χ3n) is 3.58. The van der Waals surface area contributed by atoms with Gasteiger partial charge in [-0.1, -0.05) is 36.4 Å². The van der Waals surface area contributed by atoms with Crippen molar-refractivity contribution in [2.75, 3.05) is 5.75 Å².